The van der Waals surface area contributed by atoms with Crippen LogP contribution >= 0.6 is 11.8 Å². The Morgan fingerprint density at radius 3 is 2.72 bits per heavy atom. The maximum absolute atomic E-state index is 12.6. The van der Waals surface area contributed by atoms with Gasteiger partial charge in [-0.1, -0.05) is 30.3 Å². The van der Waals surface area contributed by atoms with Crippen LogP contribution in [-0.2, 0) is 28.8 Å². The molecule has 0 unspecified atom stereocenters. The van der Waals surface area contributed by atoms with Gasteiger partial charge in [0.2, 0.25) is 11.8 Å². The van der Waals surface area contributed by atoms with E-state index in [0.717, 1.165) is 5.56 Å². The number of esters is 1. The second kappa shape index (κ2) is 8.86. The van der Waals surface area contributed by atoms with E-state index in [9.17, 15) is 19.2 Å². The minimum absolute atomic E-state index is 0.0879. The van der Waals surface area contributed by atoms with Gasteiger partial charge in [0.15, 0.2) is 6.61 Å². The van der Waals surface area contributed by atoms with E-state index in [1.165, 1.54) is 0 Å². The van der Waals surface area contributed by atoms with E-state index < -0.39 is 35.4 Å². The number of carbonyl (C=O) groups is 4. The third-order valence-electron chi connectivity index (χ3n) is 5.09. The molecule has 2 N–H and O–H groups in total. The first-order chi connectivity index (χ1) is 13.9. The molecule has 3 amide bonds. The zero-order valence-electron chi connectivity index (χ0n) is 16.5. The molecule has 1 aromatic carbocycles. The fourth-order valence-electron chi connectivity index (χ4n) is 3.72. The van der Waals surface area contributed by atoms with E-state index >= 15 is 0 Å². The van der Waals surface area contributed by atoms with Gasteiger partial charge in [0, 0.05) is 18.7 Å². The van der Waals surface area contributed by atoms with Crippen molar-refractivity contribution in [2.24, 2.45) is 0 Å². The van der Waals surface area contributed by atoms with Crippen molar-refractivity contribution in [2.75, 3.05) is 18.9 Å². The summed E-state index contributed by atoms with van der Waals surface area (Å²) in [6.45, 7) is 3.29. The van der Waals surface area contributed by atoms with E-state index in [2.05, 4.69) is 10.6 Å². The Morgan fingerprint density at radius 1 is 1.31 bits per heavy atom. The van der Waals surface area contributed by atoms with Crippen LogP contribution in [0.5, 0.6) is 0 Å². The van der Waals surface area contributed by atoms with Crippen LogP contribution < -0.4 is 10.6 Å². The average molecular weight is 420 g/mol. The van der Waals surface area contributed by atoms with Gasteiger partial charge in [0.25, 0.3) is 5.91 Å². The SMILES string of the molecule is CCNC(=O)[C@@H](C)NC(=O)COC(=O)[C@@H]1CS[C@@]2(c3ccccc3)CCC(=O)N12. The van der Waals surface area contributed by atoms with Crippen LogP contribution in [0.4, 0.5) is 0 Å². The average Bonchev–Trinajstić information content (AvgIpc) is 3.26. The van der Waals surface area contributed by atoms with E-state index in [0.29, 0.717) is 25.1 Å². The van der Waals surface area contributed by atoms with Crippen LogP contribution in [0.1, 0.15) is 32.3 Å². The first-order valence-electron chi connectivity index (χ1n) is 9.64. The fourth-order valence-corrected chi connectivity index (χ4v) is 5.36. The van der Waals surface area contributed by atoms with Gasteiger partial charge in [0.05, 0.1) is 0 Å². The molecule has 0 aliphatic carbocycles. The lowest BCUT2D eigenvalue weighted by molar-refractivity contribution is -0.156. The molecule has 156 valence electrons. The number of hydrogen-bond donors (Lipinski definition) is 2. The number of nitrogens with zero attached hydrogens (tertiary/aromatic N) is 1. The van der Waals surface area contributed by atoms with E-state index in [-0.39, 0.29) is 11.8 Å². The molecule has 3 rings (SSSR count). The summed E-state index contributed by atoms with van der Waals surface area (Å²) in [5.41, 5.74) is 0.986. The van der Waals surface area contributed by atoms with Gasteiger partial charge in [-0.05, 0) is 25.8 Å². The smallest absolute Gasteiger partial charge is 0.330 e. The lowest BCUT2D eigenvalue weighted by atomic mass is 10.0. The van der Waals surface area contributed by atoms with E-state index in [1.807, 2.05) is 30.3 Å². The van der Waals surface area contributed by atoms with Gasteiger partial charge < -0.3 is 20.3 Å². The first-order valence-corrected chi connectivity index (χ1v) is 10.6. The van der Waals surface area contributed by atoms with Crippen molar-refractivity contribution in [3.05, 3.63) is 35.9 Å². The molecule has 2 aliphatic heterocycles. The Kier molecular flexibility index (Phi) is 6.46. The summed E-state index contributed by atoms with van der Waals surface area (Å²) in [6.07, 6.45) is 1.01. The van der Waals surface area contributed by atoms with Crippen molar-refractivity contribution in [2.45, 2.75) is 43.6 Å². The molecule has 2 fully saturated rings. The summed E-state index contributed by atoms with van der Waals surface area (Å²) in [5, 5.41) is 5.09. The Balaban J connectivity index is 1.61. The van der Waals surface area contributed by atoms with Crippen LogP contribution in [-0.4, -0.2) is 59.6 Å². The van der Waals surface area contributed by atoms with Gasteiger partial charge in [-0.3, -0.25) is 14.4 Å². The molecule has 2 saturated heterocycles. The van der Waals surface area contributed by atoms with Gasteiger partial charge in [-0.25, -0.2) is 4.79 Å². The predicted molar refractivity (Wildman–Crippen MR) is 108 cm³/mol. The largest absolute Gasteiger partial charge is 0.454 e. The van der Waals surface area contributed by atoms with Crippen molar-refractivity contribution in [1.82, 2.24) is 15.5 Å². The van der Waals surface area contributed by atoms with E-state index in [4.69, 9.17) is 4.74 Å². The number of rotatable bonds is 7. The van der Waals surface area contributed by atoms with Crippen molar-refractivity contribution in [3.8, 4) is 0 Å². The molecule has 2 aliphatic rings. The van der Waals surface area contributed by atoms with Crippen molar-refractivity contribution in [1.29, 1.82) is 0 Å². The highest BCUT2D eigenvalue weighted by Crippen LogP contribution is 2.54. The Hall–Kier alpha value is -2.55. The van der Waals surface area contributed by atoms with Gasteiger partial charge in [-0.2, -0.15) is 0 Å². The number of ether oxygens (including phenoxy) is 1. The summed E-state index contributed by atoms with van der Waals surface area (Å²) >= 11 is 1.56. The van der Waals surface area contributed by atoms with Crippen molar-refractivity contribution < 1.29 is 23.9 Å². The number of carbonyl (C=O) groups excluding carboxylic acids is 4. The summed E-state index contributed by atoms with van der Waals surface area (Å²) in [7, 11) is 0. The number of amides is 3. The molecule has 0 bridgehead atoms. The maximum Gasteiger partial charge on any atom is 0.330 e. The van der Waals surface area contributed by atoms with Crippen LogP contribution in [0.2, 0.25) is 0 Å². The normalized spacial score (nSPS) is 24.0. The Bertz CT molecular complexity index is 803. The fraction of sp³-hybridized carbons (Fsp3) is 0.500. The second-order valence-electron chi connectivity index (χ2n) is 7.03. The zero-order chi connectivity index (χ0) is 21.0. The highest BCUT2D eigenvalue weighted by molar-refractivity contribution is 8.00. The van der Waals surface area contributed by atoms with Crippen LogP contribution in [0.25, 0.3) is 0 Å². The molecule has 3 atom stereocenters. The number of nitrogens with one attached hydrogen (secondary N) is 2. The molecule has 1 aromatic rings. The van der Waals surface area contributed by atoms with Gasteiger partial charge in [-0.15, -0.1) is 11.8 Å². The molecule has 29 heavy (non-hydrogen) atoms. The lowest BCUT2D eigenvalue weighted by Crippen LogP contribution is -2.48. The molecule has 8 nitrogen and oxygen atoms in total. The molecule has 0 spiro atoms. The van der Waals surface area contributed by atoms with E-state index in [1.54, 1.807) is 30.5 Å². The molecule has 0 aromatic heterocycles. The standard InChI is InChI=1S/C20H25N3O5S/c1-3-21-18(26)13(2)22-16(24)11-28-19(27)15-12-29-20(10-9-17(25)23(15)20)14-7-5-4-6-8-14/h4-8,13,15H,3,9-12H2,1-2H3,(H,21,26)(H,22,24)/t13-,15+,20-/m1/s1. The van der Waals surface area contributed by atoms with Crippen LogP contribution in [0, 0.1) is 0 Å². The molecule has 2 heterocycles. The quantitative estimate of drug-likeness (QED) is 0.633. The highest BCUT2D eigenvalue weighted by Gasteiger charge is 2.57. The molecular weight excluding hydrogens is 394 g/mol. The summed E-state index contributed by atoms with van der Waals surface area (Å²) in [5.74, 6) is -1.16. The predicted octanol–water partition coefficient (Wildman–Crippen LogP) is 0.761. The molecule has 9 heteroatoms. The van der Waals surface area contributed by atoms with Gasteiger partial charge >= 0.3 is 5.97 Å². The van der Waals surface area contributed by atoms with Gasteiger partial charge in [0.1, 0.15) is 17.0 Å². The van der Waals surface area contributed by atoms with Crippen molar-refractivity contribution in [3.63, 3.8) is 0 Å². The highest BCUT2D eigenvalue weighted by atomic mass is 32.2. The minimum atomic E-state index is -0.733. The topological polar surface area (TPSA) is 105 Å². The summed E-state index contributed by atoms with van der Waals surface area (Å²) < 4.78 is 5.18. The number of benzene rings is 1. The summed E-state index contributed by atoms with van der Waals surface area (Å²) in [6, 6.07) is 8.20. The number of thioether (sulfide) groups is 1. The molecule has 0 radical (unpaired) electrons. The Labute approximate surface area is 173 Å². The monoisotopic (exact) mass is 419 g/mol. The molecular formula is C20H25N3O5S. The number of likely N-dealkylation sites (N-methyl/N-ethyl adjacent to an activating group) is 1. The maximum atomic E-state index is 12.6. The van der Waals surface area contributed by atoms with Crippen LogP contribution in [0.3, 0.4) is 0 Å². The molecule has 0 saturated carbocycles. The number of fused-ring (bicyclic) bond motifs is 1. The van der Waals surface area contributed by atoms with Crippen molar-refractivity contribution >= 4 is 35.5 Å². The second-order valence-corrected chi connectivity index (χ2v) is 8.33. The van der Waals surface area contributed by atoms with Crippen LogP contribution in [0.15, 0.2) is 30.3 Å². The number of hydrogen-bond acceptors (Lipinski definition) is 6. The first kappa shape index (κ1) is 21.2. The zero-order valence-corrected chi connectivity index (χ0v) is 17.3. The summed E-state index contributed by atoms with van der Waals surface area (Å²) in [4.78, 5) is 49.9. The minimum Gasteiger partial charge on any atom is -0.454 e. The third-order valence-corrected chi connectivity index (χ3v) is 6.69. The Morgan fingerprint density at radius 2 is 2.03 bits per heavy atom. The third kappa shape index (κ3) is 4.24. The lowest BCUT2D eigenvalue weighted by Gasteiger charge is -2.33.